The van der Waals surface area contributed by atoms with Crippen LogP contribution >= 0.6 is 0 Å². The third kappa shape index (κ3) is 4.76. The molecule has 1 N–H and O–H groups in total. The Morgan fingerprint density at radius 3 is 2.75 bits per heavy atom. The molecule has 4 nitrogen and oxygen atoms in total. The van der Waals surface area contributed by atoms with Crippen molar-refractivity contribution in [3.63, 3.8) is 0 Å². The molecule has 0 aromatic carbocycles. The normalized spacial score (nSPS) is 14.8. The fourth-order valence-electron chi connectivity index (χ4n) is 2.42. The molecular weight excluding hydrogens is 248 g/mol. The minimum Gasteiger partial charge on any atom is -0.370 e. The van der Waals surface area contributed by atoms with Gasteiger partial charge in [0.05, 0.1) is 11.9 Å². The van der Waals surface area contributed by atoms with Crippen LogP contribution in [0.1, 0.15) is 31.7 Å². The summed E-state index contributed by atoms with van der Waals surface area (Å²) in [5.41, 5.74) is 2.67. The number of pyridine rings is 1. The van der Waals surface area contributed by atoms with Gasteiger partial charge in [0, 0.05) is 31.9 Å². The van der Waals surface area contributed by atoms with Gasteiger partial charge in [-0.1, -0.05) is 0 Å². The summed E-state index contributed by atoms with van der Waals surface area (Å²) >= 11 is 0. The second-order valence-electron chi connectivity index (χ2n) is 5.90. The van der Waals surface area contributed by atoms with E-state index < -0.39 is 0 Å². The van der Waals surface area contributed by atoms with Crippen LogP contribution in [-0.4, -0.2) is 49.7 Å². The summed E-state index contributed by atoms with van der Waals surface area (Å²) in [5.74, 6) is 0. The van der Waals surface area contributed by atoms with Crippen LogP contribution in [0.3, 0.4) is 0 Å². The summed E-state index contributed by atoms with van der Waals surface area (Å²) in [4.78, 5) is 9.01. The highest BCUT2D eigenvalue weighted by Crippen LogP contribution is 2.23. The summed E-state index contributed by atoms with van der Waals surface area (Å²) in [7, 11) is 4.26. The van der Waals surface area contributed by atoms with E-state index in [0.29, 0.717) is 0 Å². The molecule has 1 heterocycles. The van der Waals surface area contributed by atoms with E-state index in [0.717, 1.165) is 32.2 Å². The second kappa shape index (κ2) is 7.60. The average molecular weight is 276 g/mol. The number of hydrogen-bond donors (Lipinski definition) is 1. The van der Waals surface area contributed by atoms with Gasteiger partial charge in [-0.3, -0.25) is 4.98 Å². The highest BCUT2D eigenvalue weighted by atomic mass is 15.1. The van der Waals surface area contributed by atoms with Crippen LogP contribution in [0.25, 0.3) is 0 Å². The van der Waals surface area contributed by atoms with E-state index in [9.17, 15) is 0 Å². The number of hydrogen-bond acceptors (Lipinski definition) is 4. The van der Waals surface area contributed by atoms with Gasteiger partial charge in [0.25, 0.3) is 0 Å². The molecule has 1 aliphatic carbocycles. The monoisotopic (exact) mass is 276 g/mol. The predicted octanol–water partition coefficient (Wildman–Crippen LogP) is 2.11. The number of nitrogens with zero attached hydrogens (tertiary/aromatic N) is 3. The zero-order valence-electron chi connectivity index (χ0n) is 13.1. The molecule has 0 spiro atoms. The minimum absolute atomic E-state index is 0.750. The van der Waals surface area contributed by atoms with Crippen molar-refractivity contribution in [3.05, 3.63) is 24.0 Å². The third-order valence-corrected chi connectivity index (χ3v) is 3.80. The van der Waals surface area contributed by atoms with Gasteiger partial charge in [0.15, 0.2) is 0 Å². The van der Waals surface area contributed by atoms with Crippen molar-refractivity contribution in [2.24, 2.45) is 0 Å². The van der Waals surface area contributed by atoms with Gasteiger partial charge in [-0.2, -0.15) is 0 Å². The lowest BCUT2D eigenvalue weighted by Crippen LogP contribution is -2.29. The number of aromatic nitrogens is 1. The van der Waals surface area contributed by atoms with E-state index in [1.807, 2.05) is 12.4 Å². The molecule has 0 unspecified atom stereocenters. The Morgan fingerprint density at radius 1 is 1.30 bits per heavy atom. The lowest BCUT2D eigenvalue weighted by atomic mass is 10.2. The van der Waals surface area contributed by atoms with Crippen LogP contribution in [0.2, 0.25) is 0 Å². The molecule has 0 bridgehead atoms. The average Bonchev–Trinajstić information content (AvgIpc) is 3.26. The van der Waals surface area contributed by atoms with Gasteiger partial charge in [-0.15, -0.1) is 0 Å². The largest absolute Gasteiger partial charge is 0.370 e. The first-order valence-electron chi connectivity index (χ1n) is 7.76. The van der Waals surface area contributed by atoms with Gasteiger partial charge >= 0.3 is 0 Å². The van der Waals surface area contributed by atoms with Crippen molar-refractivity contribution in [1.29, 1.82) is 0 Å². The molecule has 20 heavy (non-hydrogen) atoms. The molecule has 2 rings (SSSR count). The maximum atomic E-state index is 4.32. The SMILES string of the molecule is CCN(CCCN(C)C)c1cnccc1CNC1CC1. The predicted molar refractivity (Wildman–Crippen MR) is 85.2 cm³/mol. The first kappa shape index (κ1) is 15.3. The van der Waals surface area contributed by atoms with Crippen LogP contribution in [-0.2, 0) is 6.54 Å². The molecule has 4 heteroatoms. The fraction of sp³-hybridized carbons (Fsp3) is 0.688. The molecule has 0 aliphatic heterocycles. The van der Waals surface area contributed by atoms with Crippen LogP contribution in [0.5, 0.6) is 0 Å². The summed E-state index contributed by atoms with van der Waals surface area (Å²) in [6.45, 7) is 6.45. The highest BCUT2D eigenvalue weighted by Gasteiger charge is 2.21. The minimum atomic E-state index is 0.750. The Labute approximate surface area is 123 Å². The number of nitrogens with one attached hydrogen (secondary N) is 1. The molecule has 1 aromatic heterocycles. The molecule has 112 valence electrons. The lowest BCUT2D eigenvalue weighted by Gasteiger charge is -2.26. The Bertz CT molecular complexity index is 401. The summed E-state index contributed by atoms with van der Waals surface area (Å²) in [5, 5.41) is 3.60. The van der Waals surface area contributed by atoms with Crippen molar-refractivity contribution >= 4 is 5.69 Å². The van der Waals surface area contributed by atoms with Crippen molar-refractivity contribution in [2.45, 2.75) is 38.8 Å². The van der Waals surface area contributed by atoms with Crippen LogP contribution in [0.15, 0.2) is 18.5 Å². The fourth-order valence-corrected chi connectivity index (χ4v) is 2.42. The summed E-state index contributed by atoms with van der Waals surface area (Å²) in [6.07, 6.45) is 7.77. The standard InChI is InChI=1S/C16H28N4/c1-4-20(11-5-10-19(2)3)16-13-17-9-8-14(16)12-18-15-6-7-15/h8-9,13,15,18H,4-7,10-12H2,1-3H3. The first-order chi connectivity index (χ1) is 9.70. The van der Waals surface area contributed by atoms with Gasteiger partial charge in [-0.05, 0) is 58.5 Å². The van der Waals surface area contributed by atoms with Crippen molar-refractivity contribution in [1.82, 2.24) is 15.2 Å². The molecule has 0 atom stereocenters. The maximum Gasteiger partial charge on any atom is 0.0598 e. The van der Waals surface area contributed by atoms with E-state index in [4.69, 9.17) is 0 Å². The Morgan fingerprint density at radius 2 is 2.10 bits per heavy atom. The van der Waals surface area contributed by atoms with E-state index in [1.54, 1.807) is 0 Å². The van der Waals surface area contributed by atoms with E-state index in [1.165, 1.54) is 30.5 Å². The zero-order chi connectivity index (χ0) is 14.4. The quantitative estimate of drug-likeness (QED) is 0.748. The Balaban J connectivity index is 1.95. The number of rotatable bonds is 9. The zero-order valence-corrected chi connectivity index (χ0v) is 13.1. The highest BCUT2D eigenvalue weighted by molar-refractivity contribution is 5.51. The van der Waals surface area contributed by atoms with Gasteiger partial charge in [0.1, 0.15) is 0 Å². The van der Waals surface area contributed by atoms with E-state index >= 15 is 0 Å². The summed E-state index contributed by atoms with van der Waals surface area (Å²) in [6, 6.07) is 2.90. The van der Waals surface area contributed by atoms with Crippen LogP contribution < -0.4 is 10.2 Å². The molecule has 0 radical (unpaired) electrons. The van der Waals surface area contributed by atoms with E-state index in [-0.39, 0.29) is 0 Å². The Hall–Kier alpha value is -1.13. The molecular formula is C16H28N4. The first-order valence-corrected chi connectivity index (χ1v) is 7.76. The van der Waals surface area contributed by atoms with Gasteiger partial charge < -0.3 is 15.1 Å². The topological polar surface area (TPSA) is 31.4 Å². The van der Waals surface area contributed by atoms with Crippen molar-refractivity contribution < 1.29 is 0 Å². The second-order valence-corrected chi connectivity index (χ2v) is 5.90. The molecule has 1 aromatic rings. The third-order valence-electron chi connectivity index (χ3n) is 3.80. The molecule has 1 fully saturated rings. The number of anilines is 1. The van der Waals surface area contributed by atoms with Crippen LogP contribution in [0, 0.1) is 0 Å². The van der Waals surface area contributed by atoms with E-state index in [2.05, 4.69) is 47.2 Å². The van der Waals surface area contributed by atoms with Crippen LogP contribution in [0.4, 0.5) is 5.69 Å². The molecule has 0 amide bonds. The Kier molecular flexibility index (Phi) is 5.80. The lowest BCUT2D eigenvalue weighted by molar-refractivity contribution is 0.400. The summed E-state index contributed by atoms with van der Waals surface area (Å²) < 4.78 is 0. The molecule has 1 aliphatic rings. The van der Waals surface area contributed by atoms with Gasteiger partial charge in [-0.25, -0.2) is 0 Å². The smallest absolute Gasteiger partial charge is 0.0598 e. The van der Waals surface area contributed by atoms with Gasteiger partial charge in [0.2, 0.25) is 0 Å². The van der Waals surface area contributed by atoms with Crippen molar-refractivity contribution in [3.8, 4) is 0 Å². The molecule has 0 saturated heterocycles. The van der Waals surface area contributed by atoms with Crippen molar-refractivity contribution in [2.75, 3.05) is 38.6 Å². The maximum absolute atomic E-state index is 4.32. The molecule has 1 saturated carbocycles.